The molecule has 96 valence electrons. The molecule has 0 aromatic heterocycles. The quantitative estimate of drug-likeness (QED) is 0.783. The van der Waals surface area contributed by atoms with Crippen LogP contribution in [0.1, 0.15) is 58.2 Å². The number of phenolic OH excluding ortho intramolecular Hbond substituents is 1. The minimum atomic E-state index is -0.121. The van der Waals surface area contributed by atoms with Gasteiger partial charge in [-0.3, -0.25) is 0 Å². The lowest BCUT2D eigenvalue weighted by atomic mass is 9.79. The highest BCUT2D eigenvalue weighted by Crippen LogP contribution is 2.37. The van der Waals surface area contributed by atoms with Crippen molar-refractivity contribution < 1.29 is 10.2 Å². The first-order valence-electron chi connectivity index (χ1n) is 6.05. The summed E-state index contributed by atoms with van der Waals surface area (Å²) in [4.78, 5) is 0. The SMILES string of the molecule is CC(C)(C)c1cc(CO)c(C(C)(C)C)cc1O. The second-order valence-corrected chi connectivity index (χ2v) is 6.68. The number of benzene rings is 1. The smallest absolute Gasteiger partial charge is 0.119 e. The highest BCUT2D eigenvalue weighted by molar-refractivity contribution is 5.47. The summed E-state index contributed by atoms with van der Waals surface area (Å²) >= 11 is 0. The molecule has 0 radical (unpaired) electrons. The lowest BCUT2D eigenvalue weighted by molar-refractivity contribution is 0.278. The maximum Gasteiger partial charge on any atom is 0.119 e. The van der Waals surface area contributed by atoms with Crippen LogP contribution in [0.25, 0.3) is 0 Å². The zero-order chi connectivity index (χ0) is 13.4. The van der Waals surface area contributed by atoms with E-state index in [0.29, 0.717) is 5.75 Å². The van der Waals surface area contributed by atoms with Crippen LogP contribution in [0.2, 0.25) is 0 Å². The Morgan fingerprint density at radius 2 is 1.35 bits per heavy atom. The van der Waals surface area contributed by atoms with Gasteiger partial charge in [-0.25, -0.2) is 0 Å². The van der Waals surface area contributed by atoms with E-state index in [4.69, 9.17) is 0 Å². The molecule has 1 aromatic carbocycles. The van der Waals surface area contributed by atoms with Crippen LogP contribution in [0.4, 0.5) is 0 Å². The van der Waals surface area contributed by atoms with Gasteiger partial charge in [0.25, 0.3) is 0 Å². The Kier molecular flexibility index (Phi) is 3.58. The van der Waals surface area contributed by atoms with Crippen LogP contribution in [0.15, 0.2) is 12.1 Å². The molecule has 0 saturated heterocycles. The summed E-state index contributed by atoms with van der Waals surface area (Å²) in [5, 5.41) is 19.6. The van der Waals surface area contributed by atoms with Gasteiger partial charge in [-0.05, 0) is 39.7 Å². The molecule has 2 N–H and O–H groups in total. The van der Waals surface area contributed by atoms with Gasteiger partial charge in [-0.2, -0.15) is 0 Å². The third kappa shape index (κ3) is 3.01. The van der Waals surface area contributed by atoms with Gasteiger partial charge in [-0.1, -0.05) is 41.5 Å². The molecular weight excluding hydrogens is 212 g/mol. The average molecular weight is 236 g/mol. The molecule has 0 aliphatic heterocycles. The number of hydrogen-bond acceptors (Lipinski definition) is 2. The van der Waals surface area contributed by atoms with E-state index < -0.39 is 0 Å². The van der Waals surface area contributed by atoms with Gasteiger partial charge in [0.15, 0.2) is 0 Å². The fourth-order valence-electron chi connectivity index (χ4n) is 2.06. The summed E-state index contributed by atoms with van der Waals surface area (Å²) < 4.78 is 0. The van der Waals surface area contributed by atoms with Gasteiger partial charge >= 0.3 is 0 Å². The molecule has 0 aliphatic rings. The lowest BCUT2D eigenvalue weighted by Crippen LogP contribution is -2.18. The molecule has 0 heterocycles. The topological polar surface area (TPSA) is 40.5 Å². The predicted octanol–water partition coefficient (Wildman–Crippen LogP) is 3.48. The Hall–Kier alpha value is -1.02. The normalized spacial score (nSPS) is 12.9. The molecule has 0 spiro atoms. The summed E-state index contributed by atoms with van der Waals surface area (Å²) in [6.07, 6.45) is 0. The van der Waals surface area contributed by atoms with Crippen LogP contribution < -0.4 is 0 Å². The molecule has 0 unspecified atom stereocenters. The van der Waals surface area contributed by atoms with Gasteiger partial charge in [0.2, 0.25) is 0 Å². The van der Waals surface area contributed by atoms with Gasteiger partial charge < -0.3 is 10.2 Å². The van der Waals surface area contributed by atoms with Crippen molar-refractivity contribution in [2.75, 3.05) is 0 Å². The standard InChI is InChI=1S/C15H24O2/c1-14(2,3)11-8-13(17)12(15(4,5)6)7-10(11)9-16/h7-8,16-17H,9H2,1-6H3. The third-order valence-corrected chi connectivity index (χ3v) is 3.01. The van der Waals surface area contributed by atoms with Crippen LogP contribution in [-0.4, -0.2) is 10.2 Å². The summed E-state index contributed by atoms with van der Waals surface area (Å²) in [5.74, 6) is 0.319. The zero-order valence-electron chi connectivity index (χ0n) is 11.8. The van der Waals surface area contributed by atoms with Crippen molar-refractivity contribution in [1.82, 2.24) is 0 Å². The summed E-state index contributed by atoms with van der Waals surface area (Å²) in [7, 11) is 0. The molecular formula is C15H24O2. The summed E-state index contributed by atoms with van der Waals surface area (Å²) in [6.45, 7) is 12.4. The van der Waals surface area contributed by atoms with Crippen LogP contribution in [-0.2, 0) is 17.4 Å². The molecule has 1 aromatic rings. The summed E-state index contributed by atoms with van der Waals surface area (Å²) in [5.41, 5.74) is 2.59. The van der Waals surface area contributed by atoms with Gasteiger partial charge in [0.05, 0.1) is 6.61 Å². The van der Waals surface area contributed by atoms with Crippen molar-refractivity contribution in [3.63, 3.8) is 0 Å². The van der Waals surface area contributed by atoms with E-state index in [-0.39, 0.29) is 17.4 Å². The van der Waals surface area contributed by atoms with E-state index >= 15 is 0 Å². The van der Waals surface area contributed by atoms with Crippen molar-refractivity contribution in [2.45, 2.75) is 59.0 Å². The average Bonchev–Trinajstić information content (AvgIpc) is 2.14. The van der Waals surface area contributed by atoms with E-state index in [9.17, 15) is 10.2 Å². The second kappa shape index (κ2) is 4.34. The third-order valence-electron chi connectivity index (χ3n) is 3.01. The van der Waals surface area contributed by atoms with E-state index in [1.165, 1.54) is 0 Å². The van der Waals surface area contributed by atoms with E-state index in [0.717, 1.165) is 16.7 Å². The van der Waals surface area contributed by atoms with Crippen LogP contribution in [0, 0.1) is 0 Å². The van der Waals surface area contributed by atoms with E-state index in [1.807, 2.05) is 6.07 Å². The van der Waals surface area contributed by atoms with Crippen molar-refractivity contribution in [1.29, 1.82) is 0 Å². The Labute approximate surface area is 104 Å². The summed E-state index contributed by atoms with van der Waals surface area (Å²) in [6, 6.07) is 3.72. The number of aromatic hydroxyl groups is 1. The number of phenols is 1. The van der Waals surface area contributed by atoms with E-state index in [2.05, 4.69) is 41.5 Å². The Morgan fingerprint density at radius 3 is 1.71 bits per heavy atom. The first-order chi connectivity index (χ1) is 7.57. The van der Waals surface area contributed by atoms with Gasteiger partial charge in [0.1, 0.15) is 5.75 Å². The minimum absolute atomic E-state index is 0.00988. The fraction of sp³-hybridized carbons (Fsp3) is 0.600. The molecule has 2 heteroatoms. The van der Waals surface area contributed by atoms with Crippen molar-refractivity contribution in [3.8, 4) is 5.75 Å². The van der Waals surface area contributed by atoms with Crippen molar-refractivity contribution in [2.24, 2.45) is 0 Å². The van der Waals surface area contributed by atoms with Gasteiger partial charge in [0, 0.05) is 0 Å². The highest BCUT2D eigenvalue weighted by atomic mass is 16.3. The molecule has 0 atom stereocenters. The highest BCUT2D eigenvalue weighted by Gasteiger charge is 2.24. The largest absolute Gasteiger partial charge is 0.508 e. The molecule has 0 aliphatic carbocycles. The fourth-order valence-corrected chi connectivity index (χ4v) is 2.06. The van der Waals surface area contributed by atoms with Crippen LogP contribution in [0.5, 0.6) is 5.75 Å². The zero-order valence-corrected chi connectivity index (χ0v) is 11.8. The maximum absolute atomic E-state index is 10.1. The molecule has 1 rings (SSSR count). The molecule has 0 bridgehead atoms. The van der Waals surface area contributed by atoms with Crippen molar-refractivity contribution in [3.05, 3.63) is 28.8 Å². The molecule has 2 nitrogen and oxygen atoms in total. The Morgan fingerprint density at radius 1 is 0.882 bits per heavy atom. The molecule has 0 fully saturated rings. The molecule has 0 saturated carbocycles. The number of aliphatic hydroxyl groups excluding tert-OH is 1. The van der Waals surface area contributed by atoms with Gasteiger partial charge in [-0.15, -0.1) is 0 Å². The van der Waals surface area contributed by atoms with Crippen molar-refractivity contribution >= 4 is 0 Å². The Bertz CT molecular complexity index is 406. The van der Waals surface area contributed by atoms with Crippen LogP contribution in [0.3, 0.4) is 0 Å². The monoisotopic (exact) mass is 236 g/mol. The number of hydrogen-bond donors (Lipinski definition) is 2. The predicted molar refractivity (Wildman–Crippen MR) is 71.4 cm³/mol. The first kappa shape index (κ1) is 14.0. The first-order valence-corrected chi connectivity index (χ1v) is 6.05. The number of aliphatic hydroxyl groups is 1. The maximum atomic E-state index is 10.1. The number of rotatable bonds is 1. The van der Waals surface area contributed by atoms with E-state index in [1.54, 1.807) is 6.07 Å². The molecule has 17 heavy (non-hydrogen) atoms. The second-order valence-electron chi connectivity index (χ2n) is 6.68. The lowest BCUT2D eigenvalue weighted by Gasteiger charge is -2.27. The Balaban J connectivity index is 3.46. The minimum Gasteiger partial charge on any atom is -0.508 e. The molecule has 0 amide bonds. The van der Waals surface area contributed by atoms with Crippen LogP contribution >= 0.6 is 0 Å².